The van der Waals surface area contributed by atoms with Crippen molar-refractivity contribution in [1.82, 2.24) is 0 Å². The molecule has 1 saturated carbocycles. The molecule has 3 atom stereocenters. The minimum Gasteiger partial charge on any atom is -0.430 e. The van der Waals surface area contributed by atoms with E-state index < -0.39 is 6.16 Å². The Morgan fingerprint density at radius 2 is 2.08 bits per heavy atom. The standard InChI is InChI=1S/C9H14O4/c10-7-4-2-1-3-6(7)8-5-12-9(11)13-8/h6-8,10H,1-5H2/t6-,7-,8?/m1/s1. The summed E-state index contributed by atoms with van der Waals surface area (Å²) in [5, 5.41) is 9.67. The summed E-state index contributed by atoms with van der Waals surface area (Å²) in [6.45, 7) is 0.306. The molecule has 2 fully saturated rings. The smallest absolute Gasteiger partial charge is 0.430 e. The number of ether oxygens (including phenoxy) is 2. The van der Waals surface area contributed by atoms with Crippen molar-refractivity contribution >= 4 is 6.16 Å². The summed E-state index contributed by atoms with van der Waals surface area (Å²) >= 11 is 0. The predicted octanol–water partition coefficient (Wildman–Crippen LogP) is 1.07. The summed E-state index contributed by atoms with van der Waals surface area (Å²) < 4.78 is 9.64. The van der Waals surface area contributed by atoms with Crippen LogP contribution in [0.1, 0.15) is 25.7 Å². The van der Waals surface area contributed by atoms with Gasteiger partial charge < -0.3 is 14.6 Å². The summed E-state index contributed by atoms with van der Waals surface area (Å²) in [7, 11) is 0. The zero-order valence-electron chi connectivity index (χ0n) is 7.44. The number of aliphatic hydroxyl groups is 1. The van der Waals surface area contributed by atoms with E-state index in [2.05, 4.69) is 0 Å². The Morgan fingerprint density at radius 1 is 1.31 bits per heavy atom. The molecule has 1 heterocycles. The van der Waals surface area contributed by atoms with Crippen LogP contribution in [0, 0.1) is 5.92 Å². The Kier molecular flexibility index (Phi) is 2.40. The first-order chi connectivity index (χ1) is 6.27. The predicted molar refractivity (Wildman–Crippen MR) is 44.2 cm³/mol. The third-order valence-corrected chi connectivity index (χ3v) is 2.87. The molecule has 0 spiro atoms. The molecule has 0 aromatic carbocycles. The molecule has 74 valence electrons. The van der Waals surface area contributed by atoms with Crippen LogP contribution in [0.25, 0.3) is 0 Å². The van der Waals surface area contributed by atoms with E-state index in [9.17, 15) is 9.90 Å². The van der Waals surface area contributed by atoms with E-state index in [1.165, 1.54) is 0 Å². The Morgan fingerprint density at radius 3 is 2.69 bits per heavy atom. The number of hydrogen-bond acceptors (Lipinski definition) is 4. The number of aliphatic hydroxyl groups excluding tert-OH is 1. The van der Waals surface area contributed by atoms with Crippen LogP contribution in [0.5, 0.6) is 0 Å². The van der Waals surface area contributed by atoms with Crippen molar-refractivity contribution in [1.29, 1.82) is 0 Å². The fraction of sp³-hybridized carbons (Fsp3) is 0.889. The van der Waals surface area contributed by atoms with Gasteiger partial charge in [0, 0.05) is 5.92 Å². The zero-order chi connectivity index (χ0) is 9.26. The van der Waals surface area contributed by atoms with Gasteiger partial charge in [0.05, 0.1) is 6.10 Å². The maximum Gasteiger partial charge on any atom is 0.508 e. The summed E-state index contributed by atoms with van der Waals surface area (Å²) in [5.74, 6) is 0.0835. The van der Waals surface area contributed by atoms with Crippen LogP contribution < -0.4 is 0 Å². The first kappa shape index (κ1) is 8.81. The molecule has 1 saturated heterocycles. The summed E-state index contributed by atoms with van der Waals surface area (Å²) in [4.78, 5) is 10.7. The summed E-state index contributed by atoms with van der Waals surface area (Å²) in [5.41, 5.74) is 0. The Bertz CT molecular complexity index is 204. The minimum atomic E-state index is -0.595. The van der Waals surface area contributed by atoms with E-state index in [1.807, 2.05) is 0 Å². The average Bonchev–Trinajstić information content (AvgIpc) is 2.53. The van der Waals surface area contributed by atoms with Crippen molar-refractivity contribution in [2.45, 2.75) is 37.9 Å². The quantitative estimate of drug-likeness (QED) is 0.622. The van der Waals surface area contributed by atoms with Crippen molar-refractivity contribution in [3.63, 3.8) is 0 Å². The lowest BCUT2D eigenvalue weighted by Crippen LogP contribution is -2.35. The van der Waals surface area contributed by atoms with Crippen molar-refractivity contribution in [2.24, 2.45) is 5.92 Å². The molecule has 1 N–H and O–H groups in total. The molecule has 13 heavy (non-hydrogen) atoms. The molecular formula is C9H14O4. The van der Waals surface area contributed by atoms with Crippen molar-refractivity contribution in [2.75, 3.05) is 6.61 Å². The Balaban J connectivity index is 1.94. The first-order valence-corrected chi connectivity index (χ1v) is 4.79. The van der Waals surface area contributed by atoms with Crippen LogP contribution in [-0.2, 0) is 9.47 Å². The van der Waals surface area contributed by atoms with Gasteiger partial charge >= 0.3 is 6.16 Å². The average molecular weight is 186 g/mol. The lowest BCUT2D eigenvalue weighted by atomic mass is 9.83. The van der Waals surface area contributed by atoms with Crippen LogP contribution in [0.3, 0.4) is 0 Å². The van der Waals surface area contributed by atoms with E-state index in [1.54, 1.807) is 0 Å². The van der Waals surface area contributed by atoms with Gasteiger partial charge in [-0.15, -0.1) is 0 Å². The number of hydrogen-bond donors (Lipinski definition) is 1. The van der Waals surface area contributed by atoms with E-state index in [-0.39, 0.29) is 18.1 Å². The Hall–Kier alpha value is -0.770. The largest absolute Gasteiger partial charge is 0.508 e. The number of carbonyl (C=O) groups is 1. The molecule has 0 aromatic rings. The minimum absolute atomic E-state index is 0.0835. The molecule has 0 bridgehead atoms. The molecule has 0 amide bonds. The van der Waals surface area contributed by atoms with E-state index in [4.69, 9.17) is 9.47 Å². The van der Waals surface area contributed by atoms with E-state index in [0.717, 1.165) is 25.7 Å². The molecule has 2 aliphatic rings. The molecule has 4 nitrogen and oxygen atoms in total. The Labute approximate surface area is 76.8 Å². The maximum absolute atomic E-state index is 10.7. The summed E-state index contributed by atoms with van der Waals surface area (Å²) in [6, 6.07) is 0. The van der Waals surface area contributed by atoms with Crippen LogP contribution in [-0.4, -0.2) is 30.1 Å². The highest BCUT2D eigenvalue weighted by molar-refractivity contribution is 5.61. The molecule has 0 radical (unpaired) electrons. The maximum atomic E-state index is 10.7. The number of rotatable bonds is 1. The van der Waals surface area contributed by atoms with Crippen LogP contribution in [0.15, 0.2) is 0 Å². The van der Waals surface area contributed by atoms with E-state index >= 15 is 0 Å². The molecule has 1 aliphatic heterocycles. The molecule has 1 aliphatic carbocycles. The molecule has 2 rings (SSSR count). The topological polar surface area (TPSA) is 55.8 Å². The van der Waals surface area contributed by atoms with Gasteiger partial charge in [0.1, 0.15) is 12.7 Å². The van der Waals surface area contributed by atoms with Gasteiger partial charge in [-0.3, -0.25) is 0 Å². The third kappa shape index (κ3) is 1.77. The summed E-state index contributed by atoms with van der Waals surface area (Å²) in [6.07, 6.45) is 2.79. The normalized spacial score (nSPS) is 39.8. The lowest BCUT2D eigenvalue weighted by Gasteiger charge is -2.29. The van der Waals surface area contributed by atoms with Gasteiger partial charge in [-0.05, 0) is 12.8 Å². The van der Waals surface area contributed by atoms with Crippen molar-refractivity contribution in [3.8, 4) is 0 Å². The van der Waals surface area contributed by atoms with Gasteiger partial charge in [-0.1, -0.05) is 12.8 Å². The molecule has 1 unspecified atom stereocenters. The second-order valence-corrected chi connectivity index (χ2v) is 3.73. The lowest BCUT2D eigenvalue weighted by molar-refractivity contribution is -0.00103. The highest BCUT2D eigenvalue weighted by Gasteiger charge is 2.37. The highest BCUT2D eigenvalue weighted by Crippen LogP contribution is 2.30. The fourth-order valence-corrected chi connectivity index (χ4v) is 2.13. The van der Waals surface area contributed by atoms with Crippen molar-refractivity contribution in [3.05, 3.63) is 0 Å². The number of cyclic esters (lactones) is 2. The van der Waals surface area contributed by atoms with Crippen LogP contribution in [0.2, 0.25) is 0 Å². The van der Waals surface area contributed by atoms with Crippen molar-refractivity contribution < 1.29 is 19.4 Å². The van der Waals surface area contributed by atoms with Gasteiger partial charge in [0.15, 0.2) is 0 Å². The monoisotopic (exact) mass is 186 g/mol. The molecular weight excluding hydrogens is 172 g/mol. The van der Waals surface area contributed by atoms with Crippen LogP contribution >= 0.6 is 0 Å². The fourth-order valence-electron chi connectivity index (χ4n) is 2.13. The first-order valence-electron chi connectivity index (χ1n) is 4.79. The van der Waals surface area contributed by atoms with Gasteiger partial charge in [-0.25, -0.2) is 4.79 Å². The SMILES string of the molecule is O=C1OCC([C@@H]2CCCC[C@H]2O)O1. The highest BCUT2D eigenvalue weighted by atomic mass is 16.8. The second-order valence-electron chi connectivity index (χ2n) is 3.73. The molecule has 0 aromatic heterocycles. The van der Waals surface area contributed by atoms with E-state index in [0.29, 0.717) is 6.61 Å². The zero-order valence-corrected chi connectivity index (χ0v) is 7.44. The van der Waals surface area contributed by atoms with Gasteiger partial charge in [0.2, 0.25) is 0 Å². The third-order valence-electron chi connectivity index (χ3n) is 2.87. The van der Waals surface area contributed by atoms with Gasteiger partial charge in [0.25, 0.3) is 0 Å². The molecule has 4 heteroatoms. The number of carbonyl (C=O) groups excluding carboxylic acids is 1. The van der Waals surface area contributed by atoms with Crippen LogP contribution in [0.4, 0.5) is 4.79 Å². The van der Waals surface area contributed by atoms with Gasteiger partial charge in [-0.2, -0.15) is 0 Å². The second kappa shape index (κ2) is 3.54.